The van der Waals surface area contributed by atoms with Gasteiger partial charge in [0.1, 0.15) is 11.2 Å². The lowest BCUT2D eigenvalue weighted by Crippen LogP contribution is -2.10. The van der Waals surface area contributed by atoms with E-state index in [1.165, 1.54) is 65.7 Å². The highest BCUT2D eigenvalue weighted by molar-refractivity contribution is 6.17. The lowest BCUT2D eigenvalue weighted by atomic mass is 9.96. The number of benzene rings is 10. The minimum absolute atomic E-state index is 0.909. The second-order valence-electron chi connectivity index (χ2n) is 14.9. The van der Waals surface area contributed by atoms with Crippen LogP contribution in [0.4, 0.5) is 17.1 Å². The van der Waals surface area contributed by atoms with E-state index in [0.29, 0.717) is 0 Å². The van der Waals surface area contributed by atoms with Crippen molar-refractivity contribution in [2.45, 2.75) is 0 Å². The van der Waals surface area contributed by atoms with E-state index in [1.807, 2.05) is 12.1 Å². The van der Waals surface area contributed by atoms with Crippen LogP contribution >= 0.6 is 0 Å². The van der Waals surface area contributed by atoms with Gasteiger partial charge in [0.25, 0.3) is 0 Å². The lowest BCUT2D eigenvalue weighted by molar-refractivity contribution is 0.670. The fourth-order valence-corrected chi connectivity index (χ4v) is 9.15. The van der Waals surface area contributed by atoms with Gasteiger partial charge in [0.05, 0.1) is 0 Å². The van der Waals surface area contributed by atoms with Gasteiger partial charge >= 0.3 is 0 Å². The van der Waals surface area contributed by atoms with Crippen molar-refractivity contribution in [3.63, 3.8) is 0 Å². The van der Waals surface area contributed by atoms with Crippen molar-refractivity contribution in [3.05, 3.63) is 200 Å². The zero-order valence-electron chi connectivity index (χ0n) is 30.4. The standard InChI is InChI=1S/C54H33NO/c1-2-14-43-34(10-1)22-23-36-24-25-38(32-50(36)43)37-11-7-13-41(30-37)55(42-31-39-12-8-19-48-45-15-3-4-16-46(45)51(33-42)53(39)48)40-28-26-35(27-29-40)44-18-9-20-49-47-17-5-6-21-52(47)56-54(44)49/h1-33H. The quantitative estimate of drug-likeness (QED) is 0.165. The van der Waals surface area contributed by atoms with Gasteiger partial charge < -0.3 is 9.32 Å². The monoisotopic (exact) mass is 711 g/mol. The minimum atomic E-state index is 0.909. The van der Waals surface area contributed by atoms with Gasteiger partial charge in [-0.25, -0.2) is 0 Å². The molecule has 0 amide bonds. The second-order valence-corrected chi connectivity index (χ2v) is 14.9. The van der Waals surface area contributed by atoms with Crippen molar-refractivity contribution in [2.75, 3.05) is 4.90 Å². The smallest absolute Gasteiger partial charge is 0.143 e. The first kappa shape index (κ1) is 31.0. The lowest BCUT2D eigenvalue weighted by Gasteiger charge is -2.27. The molecule has 0 atom stereocenters. The Morgan fingerprint density at radius 2 is 0.929 bits per heavy atom. The van der Waals surface area contributed by atoms with Crippen molar-refractivity contribution in [2.24, 2.45) is 0 Å². The van der Waals surface area contributed by atoms with Gasteiger partial charge in [-0.2, -0.15) is 0 Å². The molecule has 1 aliphatic carbocycles. The first-order valence-corrected chi connectivity index (χ1v) is 19.2. The molecule has 11 aromatic rings. The Morgan fingerprint density at radius 1 is 0.304 bits per heavy atom. The summed E-state index contributed by atoms with van der Waals surface area (Å²) in [5, 5.41) is 9.88. The van der Waals surface area contributed by atoms with Gasteiger partial charge in [-0.15, -0.1) is 0 Å². The fraction of sp³-hybridized carbons (Fsp3) is 0. The number of hydrogen-bond acceptors (Lipinski definition) is 2. The van der Waals surface area contributed by atoms with Crippen LogP contribution in [0.5, 0.6) is 0 Å². The highest BCUT2D eigenvalue weighted by Gasteiger charge is 2.24. The molecule has 10 aromatic carbocycles. The molecule has 0 radical (unpaired) electrons. The fourth-order valence-electron chi connectivity index (χ4n) is 9.15. The van der Waals surface area contributed by atoms with Gasteiger partial charge in [-0.1, -0.05) is 152 Å². The Hall–Kier alpha value is -7.42. The van der Waals surface area contributed by atoms with Crippen LogP contribution in [0.1, 0.15) is 0 Å². The molecule has 12 rings (SSSR count). The maximum Gasteiger partial charge on any atom is 0.143 e. The number of hydrogen-bond donors (Lipinski definition) is 0. The van der Waals surface area contributed by atoms with Crippen LogP contribution in [0.15, 0.2) is 205 Å². The van der Waals surface area contributed by atoms with Gasteiger partial charge in [0.2, 0.25) is 0 Å². The molecule has 1 aliphatic rings. The predicted molar refractivity (Wildman–Crippen MR) is 236 cm³/mol. The average molecular weight is 712 g/mol. The summed E-state index contributed by atoms with van der Waals surface area (Å²) in [6.45, 7) is 0. The zero-order valence-corrected chi connectivity index (χ0v) is 30.4. The van der Waals surface area contributed by atoms with E-state index in [9.17, 15) is 0 Å². The highest BCUT2D eigenvalue weighted by Crippen LogP contribution is 2.50. The molecule has 56 heavy (non-hydrogen) atoms. The van der Waals surface area contributed by atoms with Crippen molar-refractivity contribution in [1.82, 2.24) is 0 Å². The number of fused-ring (bicyclic) bond motifs is 9. The van der Waals surface area contributed by atoms with Crippen molar-refractivity contribution in [1.29, 1.82) is 0 Å². The average Bonchev–Trinajstić information content (AvgIpc) is 3.81. The van der Waals surface area contributed by atoms with Crippen LogP contribution < -0.4 is 4.90 Å². The van der Waals surface area contributed by atoms with E-state index < -0.39 is 0 Å². The van der Waals surface area contributed by atoms with Crippen LogP contribution in [0.2, 0.25) is 0 Å². The molecule has 0 N–H and O–H groups in total. The Morgan fingerprint density at radius 3 is 1.82 bits per heavy atom. The van der Waals surface area contributed by atoms with E-state index in [2.05, 4.69) is 193 Å². The Balaban J connectivity index is 1.03. The number of nitrogens with zero attached hydrogens (tertiary/aromatic N) is 1. The second kappa shape index (κ2) is 12.0. The van der Waals surface area contributed by atoms with Gasteiger partial charge in [-0.05, 0) is 120 Å². The summed E-state index contributed by atoms with van der Waals surface area (Å²) in [6, 6.07) is 72.9. The van der Waals surface area contributed by atoms with Crippen LogP contribution in [-0.2, 0) is 0 Å². The summed E-state index contributed by atoms with van der Waals surface area (Å²) >= 11 is 0. The number of para-hydroxylation sites is 2. The topological polar surface area (TPSA) is 16.4 Å². The highest BCUT2D eigenvalue weighted by atomic mass is 16.3. The van der Waals surface area contributed by atoms with Gasteiger partial charge in [0.15, 0.2) is 0 Å². The van der Waals surface area contributed by atoms with Crippen LogP contribution in [0.25, 0.3) is 98.8 Å². The largest absolute Gasteiger partial charge is 0.455 e. The third-order valence-electron chi connectivity index (χ3n) is 11.8. The maximum atomic E-state index is 6.45. The normalized spacial score (nSPS) is 11.9. The Labute approximate surface area is 324 Å². The summed E-state index contributed by atoms with van der Waals surface area (Å²) in [7, 11) is 0. The summed E-state index contributed by atoms with van der Waals surface area (Å²) in [6.07, 6.45) is 0. The molecule has 2 nitrogen and oxygen atoms in total. The Bertz CT molecular complexity index is 3370. The van der Waals surface area contributed by atoms with E-state index in [4.69, 9.17) is 4.42 Å². The molecule has 0 saturated carbocycles. The molecule has 1 heterocycles. The molecule has 2 heteroatoms. The summed E-state index contributed by atoms with van der Waals surface area (Å²) < 4.78 is 6.45. The molecule has 0 fully saturated rings. The van der Waals surface area contributed by atoms with E-state index in [-0.39, 0.29) is 0 Å². The SMILES string of the molecule is c1cc(-c2ccc3ccc4ccccc4c3c2)cc(N(c2ccc(-c3cccc4c3oc3ccccc34)cc2)c2cc3c4c(cccc4c2)-c2ccccc2-3)c1. The van der Waals surface area contributed by atoms with E-state index in [1.54, 1.807) is 0 Å². The van der Waals surface area contributed by atoms with E-state index >= 15 is 0 Å². The minimum Gasteiger partial charge on any atom is -0.455 e. The number of furan rings is 1. The molecule has 0 unspecified atom stereocenters. The molecule has 1 aromatic heterocycles. The molecule has 0 spiro atoms. The van der Waals surface area contributed by atoms with Crippen molar-refractivity contribution in [3.8, 4) is 44.5 Å². The summed E-state index contributed by atoms with van der Waals surface area (Å²) in [4.78, 5) is 2.41. The first-order chi connectivity index (χ1) is 27.7. The van der Waals surface area contributed by atoms with Crippen LogP contribution in [0, 0.1) is 0 Å². The third-order valence-corrected chi connectivity index (χ3v) is 11.8. The third kappa shape index (κ3) is 4.69. The molecular formula is C54H33NO. The van der Waals surface area contributed by atoms with E-state index in [0.717, 1.165) is 50.1 Å². The van der Waals surface area contributed by atoms with Crippen molar-refractivity contribution < 1.29 is 4.42 Å². The molecule has 0 bridgehead atoms. The van der Waals surface area contributed by atoms with Gasteiger partial charge in [-0.3, -0.25) is 0 Å². The van der Waals surface area contributed by atoms with Crippen LogP contribution in [-0.4, -0.2) is 0 Å². The van der Waals surface area contributed by atoms with Crippen molar-refractivity contribution >= 4 is 71.3 Å². The molecule has 0 saturated heterocycles. The molecular weight excluding hydrogens is 679 g/mol. The number of anilines is 3. The Kier molecular flexibility index (Phi) is 6.66. The zero-order chi connectivity index (χ0) is 36.7. The number of rotatable bonds is 5. The summed E-state index contributed by atoms with van der Waals surface area (Å²) in [5.74, 6) is 0. The predicted octanol–water partition coefficient (Wildman–Crippen LogP) is 15.5. The first-order valence-electron chi connectivity index (χ1n) is 19.2. The van der Waals surface area contributed by atoms with Crippen LogP contribution in [0.3, 0.4) is 0 Å². The van der Waals surface area contributed by atoms with Gasteiger partial charge in [0, 0.05) is 33.4 Å². The maximum absolute atomic E-state index is 6.45. The molecule has 260 valence electrons. The molecule has 0 aliphatic heterocycles. The summed E-state index contributed by atoms with van der Waals surface area (Å²) in [5.41, 5.74) is 14.9.